The summed E-state index contributed by atoms with van der Waals surface area (Å²) in [6, 6.07) is 8.09. The molecule has 5 rings (SSSR count). The summed E-state index contributed by atoms with van der Waals surface area (Å²) in [5.41, 5.74) is 1.55. The number of hydrogen-bond acceptors (Lipinski definition) is 5. The molecular formula is C26H29Cl2FN2O4S. The zero-order chi connectivity index (χ0) is 25.4. The van der Waals surface area contributed by atoms with Crippen molar-refractivity contribution < 1.29 is 22.3 Å². The normalized spacial score (nSPS) is 21.1. The third-order valence-corrected chi connectivity index (χ3v) is 9.47. The molecule has 0 radical (unpaired) electrons. The predicted molar refractivity (Wildman–Crippen MR) is 138 cm³/mol. The second kappa shape index (κ2) is 10.5. The summed E-state index contributed by atoms with van der Waals surface area (Å²) in [5.74, 6) is -0.703. The van der Waals surface area contributed by atoms with Crippen molar-refractivity contribution in [3.05, 3.63) is 62.9 Å². The van der Waals surface area contributed by atoms with Gasteiger partial charge in [-0.15, -0.1) is 0 Å². The van der Waals surface area contributed by atoms with E-state index in [0.29, 0.717) is 41.7 Å². The van der Waals surface area contributed by atoms with Crippen molar-refractivity contribution in [1.82, 2.24) is 9.62 Å². The average molecular weight is 555 g/mol. The maximum absolute atomic E-state index is 15.1. The lowest BCUT2D eigenvalue weighted by atomic mass is 9.97. The highest BCUT2D eigenvalue weighted by atomic mass is 35.5. The largest absolute Gasteiger partial charge is 0.489 e. The number of hydrogen-bond donors (Lipinski definition) is 1. The Labute approximate surface area is 221 Å². The number of benzene rings is 2. The first-order valence-electron chi connectivity index (χ1n) is 12.4. The molecule has 1 saturated heterocycles. The number of likely N-dealkylation sites (tertiary alicyclic amines) is 1. The molecule has 1 aliphatic heterocycles. The summed E-state index contributed by atoms with van der Waals surface area (Å²) in [5, 5.41) is 0.461. The fourth-order valence-corrected chi connectivity index (χ4v) is 6.94. The number of carbonyl (C=O) groups is 1. The summed E-state index contributed by atoms with van der Waals surface area (Å²) in [7, 11) is -3.78. The van der Waals surface area contributed by atoms with E-state index in [4.69, 9.17) is 27.9 Å². The molecule has 0 unspecified atom stereocenters. The zero-order valence-electron chi connectivity index (χ0n) is 19.8. The third-order valence-electron chi connectivity index (χ3n) is 7.21. The van der Waals surface area contributed by atoms with Gasteiger partial charge >= 0.3 is 0 Å². The highest BCUT2D eigenvalue weighted by Gasteiger charge is 2.34. The predicted octanol–water partition coefficient (Wildman–Crippen LogP) is 5.67. The number of piperidine rings is 1. The number of nitrogens with zero attached hydrogens (tertiary/aromatic N) is 1. The SMILES string of the molecule is O=C(NS(=O)(=O)C1CCC1)c1cc(C2CC2)c(CN2CCC[C@@H](Oc3cc(Cl)cc(Cl)c3)C2)cc1F. The minimum atomic E-state index is -3.78. The Morgan fingerprint density at radius 1 is 1.03 bits per heavy atom. The fourth-order valence-electron chi connectivity index (χ4n) is 4.95. The van der Waals surface area contributed by atoms with Gasteiger partial charge in [-0.05, 0) is 92.4 Å². The van der Waals surface area contributed by atoms with Crippen molar-refractivity contribution in [3.8, 4) is 5.75 Å². The molecule has 10 heteroatoms. The van der Waals surface area contributed by atoms with Gasteiger partial charge in [0.25, 0.3) is 5.91 Å². The van der Waals surface area contributed by atoms with Crippen molar-refractivity contribution in [3.63, 3.8) is 0 Å². The second-order valence-electron chi connectivity index (χ2n) is 10.1. The monoisotopic (exact) mass is 554 g/mol. The van der Waals surface area contributed by atoms with Crippen molar-refractivity contribution >= 4 is 39.1 Å². The van der Waals surface area contributed by atoms with Crippen LogP contribution in [0, 0.1) is 5.82 Å². The summed E-state index contributed by atoms with van der Waals surface area (Å²) < 4.78 is 48.1. The molecule has 2 aliphatic carbocycles. The topological polar surface area (TPSA) is 75.7 Å². The summed E-state index contributed by atoms with van der Waals surface area (Å²) >= 11 is 12.2. The van der Waals surface area contributed by atoms with E-state index in [2.05, 4.69) is 9.62 Å². The van der Waals surface area contributed by atoms with Gasteiger partial charge in [0.15, 0.2) is 0 Å². The van der Waals surface area contributed by atoms with Gasteiger partial charge in [-0.3, -0.25) is 9.69 Å². The van der Waals surface area contributed by atoms with E-state index in [-0.39, 0.29) is 17.6 Å². The molecule has 6 nitrogen and oxygen atoms in total. The van der Waals surface area contributed by atoms with Crippen LogP contribution >= 0.6 is 23.2 Å². The Morgan fingerprint density at radius 3 is 2.39 bits per heavy atom. The van der Waals surface area contributed by atoms with E-state index in [1.54, 1.807) is 24.3 Å². The van der Waals surface area contributed by atoms with E-state index >= 15 is 4.39 Å². The van der Waals surface area contributed by atoms with E-state index in [9.17, 15) is 13.2 Å². The first-order chi connectivity index (χ1) is 17.2. The van der Waals surface area contributed by atoms with Gasteiger partial charge in [0, 0.05) is 23.1 Å². The van der Waals surface area contributed by atoms with E-state index in [1.807, 2.05) is 0 Å². The Morgan fingerprint density at radius 2 is 1.75 bits per heavy atom. The van der Waals surface area contributed by atoms with Gasteiger partial charge in [-0.2, -0.15) is 0 Å². The summed E-state index contributed by atoms with van der Waals surface area (Å²) in [6.45, 7) is 2.04. The minimum absolute atomic E-state index is 0.0516. The zero-order valence-corrected chi connectivity index (χ0v) is 22.1. The van der Waals surface area contributed by atoms with Gasteiger partial charge in [-0.1, -0.05) is 29.6 Å². The smallest absolute Gasteiger partial charge is 0.267 e. The highest BCUT2D eigenvalue weighted by molar-refractivity contribution is 7.90. The lowest BCUT2D eigenvalue weighted by Crippen LogP contribution is -2.42. The number of sulfonamides is 1. The highest BCUT2D eigenvalue weighted by Crippen LogP contribution is 2.43. The molecule has 3 aliphatic rings. The van der Waals surface area contributed by atoms with E-state index < -0.39 is 27.0 Å². The van der Waals surface area contributed by atoms with E-state index in [0.717, 1.165) is 49.8 Å². The number of carbonyl (C=O) groups excluding carboxylic acids is 1. The Bertz CT molecular complexity index is 1240. The quantitative estimate of drug-likeness (QED) is 0.455. The number of halogens is 3. The molecule has 0 bridgehead atoms. The first-order valence-corrected chi connectivity index (χ1v) is 14.7. The molecule has 3 fully saturated rings. The van der Waals surface area contributed by atoms with Crippen molar-refractivity contribution in [2.24, 2.45) is 0 Å². The number of amides is 1. The average Bonchev–Trinajstić information content (AvgIpc) is 3.56. The van der Waals surface area contributed by atoms with Crippen molar-refractivity contribution in [1.29, 1.82) is 0 Å². The molecule has 1 atom stereocenters. The van der Waals surface area contributed by atoms with Gasteiger partial charge in [0.2, 0.25) is 10.0 Å². The molecule has 2 aromatic rings. The number of ether oxygens (including phenoxy) is 1. The third kappa shape index (κ3) is 5.98. The van der Waals surface area contributed by atoms with E-state index in [1.165, 1.54) is 6.07 Å². The Hall–Kier alpha value is -1.87. The van der Waals surface area contributed by atoms with Gasteiger partial charge in [0.05, 0.1) is 10.8 Å². The lowest BCUT2D eigenvalue weighted by Gasteiger charge is -2.33. The van der Waals surface area contributed by atoms with Crippen LogP contribution in [0.25, 0.3) is 0 Å². The molecule has 0 aromatic heterocycles. The molecule has 1 heterocycles. The number of rotatable bonds is 8. The van der Waals surface area contributed by atoms with Gasteiger partial charge in [-0.25, -0.2) is 17.5 Å². The van der Waals surface area contributed by atoms with Crippen LogP contribution in [-0.2, 0) is 16.6 Å². The Kier molecular flexibility index (Phi) is 7.50. The molecule has 36 heavy (non-hydrogen) atoms. The van der Waals surface area contributed by atoms with Crippen LogP contribution in [0.1, 0.15) is 72.3 Å². The van der Waals surface area contributed by atoms with Gasteiger partial charge < -0.3 is 4.74 Å². The molecule has 1 amide bonds. The first kappa shape index (κ1) is 25.8. The molecule has 2 aromatic carbocycles. The standard InChI is InChI=1S/C26H29Cl2FN2O4S/c27-18-10-19(28)12-21(11-18)35-20-3-2-8-31(15-20)14-17-9-25(29)24(13-23(17)16-6-7-16)26(32)30-36(33,34)22-4-1-5-22/h9-13,16,20,22H,1-8,14-15H2,(H,30,32)/t20-/m1/s1. The van der Waals surface area contributed by atoms with Crippen LogP contribution in [0.15, 0.2) is 30.3 Å². The molecule has 194 valence electrons. The molecular weight excluding hydrogens is 526 g/mol. The lowest BCUT2D eigenvalue weighted by molar-refractivity contribution is 0.0841. The van der Waals surface area contributed by atoms with Gasteiger partial charge in [0.1, 0.15) is 17.7 Å². The molecule has 2 saturated carbocycles. The maximum atomic E-state index is 15.1. The van der Waals surface area contributed by atoms with Crippen LogP contribution in [0.2, 0.25) is 10.0 Å². The summed E-state index contributed by atoms with van der Waals surface area (Å²) in [4.78, 5) is 14.9. The molecule has 0 spiro atoms. The van der Waals surface area contributed by atoms with Crippen LogP contribution in [0.3, 0.4) is 0 Å². The van der Waals surface area contributed by atoms with Crippen molar-refractivity contribution in [2.45, 2.75) is 68.8 Å². The molecule has 1 N–H and O–H groups in total. The maximum Gasteiger partial charge on any atom is 0.267 e. The van der Waals surface area contributed by atoms with Crippen molar-refractivity contribution in [2.75, 3.05) is 13.1 Å². The second-order valence-corrected chi connectivity index (χ2v) is 12.9. The Balaban J connectivity index is 1.30. The van der Waals surface area contributed by atoms with Crippen LogP contribution in [-0.4, -0.2) is 43.7 Å². The van der Waals surface area contributed by atoms with Crippen LogP contribution < -0.4 is 9.46 Å². The summed E-state index contributed by atoms with van der Waals surface area (Å²) in [6.07, 6.45) is 5.60. The minimum Gasteiger partial charge on any atom is -0.489 e. The van der Waals surface area contributed by atoms with Crippen LogP contribution in [0.4, 0.5) is 4.39 Å². The van der Waals surface area contributed by atoms with Crippen LogP contribution in [0.5, 0.6) is 5.75 Å². The number of nitrogens with one attached hydrogen (secondary N) is 1. The fraction of sp³-hybridized carbons (Fsp3) is 0.500.